The molecule has 2 aliphatic rings. The van der Waals surface area contributed by atoms with E-state index in [4.69, 9.17) is 4.74 Å². The molecule has 1 aliphatic carbocycles. The first kappa shape index (κ1) is 26.6. The minimum atomic E-state index is -3.86. The van der Waals surface area contributed by atoms with Crippen molar-refractivity contribution in [3.8, 4) is 17.6 Å². The first-order valence-corrected chi connectivity index (χ1v) is 14.2. The molecule has 2 aromatic rings. The zero-order chi connectivity index (χ0) is 25.7. The first-order valence-electron chi connectivity index (χ1n) is 12.8. The minimum absolute atomic E-state index is 0.105. The van der Waals surface area contributed by atoms with Crippen molar-refractivity contribution in [1.29, 1.82) is 0 Å². The molecule has 7 nitrogen and oxygen atoms in total. The summed E-state index contributed by atoms with van der Waals surface area (Å²) in [5, 5.41) is 9.84. The third kappa shape index (κ3) is 6.27. The van der Waals surface area contributed by atoms with Crippen molar-refractivity contribution in [2.75, 3.05) is 26.7 Å². The van der Waals surface area contributed by atoms with E-state index in [1.165, 1.54) is 17.1 Å². The standard InChI is InChI=1S/C28H37N3O4S/c1-21-17-31(22(2)20-32)36(33,34)28-13-12-24(11-10-23-7-4-5-8-23)15-26(28)35-27(21)19-30(3)18-25-9-6-14-29-16-25/h6,9,12-16,21-23,27,32H,4-5,7-8,17-20H2,1-3H3/t21-,22-,27+/m0/s1. The normalized spacial score (nSPS) is 23.1. The van der Waals surface area contributed by atoms with Crippen LogP contribution >= 0.6 is 0 Å². The molecule has 1 saturated carbocycles. The number of hydrogen-bond acceptors (Lipinski definition) is 6. The first-order chi connectivity index (χ1) is 17.3. The summed E-state index contributed by atoms with van der Waals surface area (Å²) < 4.78 is 35.2. The van der Waals surface area contributed by atoms with Crippen LogP contribution in [0, 0.1) is 23.7 Å². The molecule has 0 saturated heterocycles. The van der Waals surface area contributed by atoms with Crippen molar-refractivity contribution in [3.05, 3.63) is 53.9 Å². The summed E-state index contributed by atoms with van der Waals surface area (Å²) in [6, 6.07) is 8.54. The van der Waals surface area contributed by atoms with Crippen LogP contribution in [0.2, 0.25) is 0 Å². The summed E-state index contributed by atoms with van der Waals surface area (Å²) in [5.74, 6) is 7.24. The fraction of sp³-hybridized carbons (Fsp3) is 0.536. The number of hydrogen-bond donors (Lipinski definition) is 1. The van der Waals surface area contributed by atoms with Gasteiger partial charge in [0.1, 0.15) is 16.7 Å². The monoisotopic (exact) mass is 511 g/mol. The van der Waals surface area contributed by atoms with Crippen molar-refractivity contribution in [3.63, 3.8) is 0 Å². The van der Waals surface area contributed by atoms with Gasteiger partial charge in [-0.05, 0) is 56.6 Å². The lowest BCUT2D eigenvalue weighted by Gasteiger charge is -2.37. The van der Waals surface area contributed by atoms with Crippen LogP contribution in [-0.4, -0.2) is 66.6 Å². The van der Waals surface area contributed by atoms with Gasteiger partial charge in [-0.2, -0.15) is 4.31 Å². The van der Waals surface area contributed by atoms with Gasteiger partial charge in [0, 0.05) is 55.5 Å². The van der Waals surface area contributed by atoms with E-state index in [2.05, 4.69) is 21.7 Å². The lowest BCUT2D eigenvalue weighted by atomic mass is 10.0. The number of fused-ring (bicyclic) bond motifs is 1. The number of pyridine rings is 1. The Bertz CT molecular complexity index is 1190. The Morgan fingerprint density at radius 3 is 2.75 bits per heavy atom. The number of likely N-dealkylation sites (N-methyl/N-ethyl adjacent to an activating group) is 1. The zero-order valence-electron chi connectivity index (χ0n) is 21.4. The average molecular weight is 512 g/mol. The van der Waals surface area contributed by atoms with E-state index in [-0.39, 0.29) is 30.1 Å². The van der Waals surface area contributed by atoms with Crippen LogP contribution in [0.1, 0.15) is 50.7 Å². The predicted octanol–water partition coefficient (Wildman–Crippen LogP) is 3.52. The highest BCUT2D eigenvalue weighted by atomic mass is 32.2. The molecule has 1 aliphatic heterocycles. The Labute approximate surface area is 215 Å². The second kappa shape index (κ2) is 11.7. The lowest BCUT2D eigenvalue weighted by Crippen LogP contribution is -2.49. The van der Waals surface area contributed by atoms with Gasteiger partial charge >= 0.3 is 0 Å². The summed E-state index contributed by atoms with van der Waals surface area (Å²) in [6.07, 6.45) is 8.03. The smallest absolute Gasteiger partial charge is 0.247 e. The molecule has 194 valence electrons. The van der Waals surface area contributed by atoms with Gasteiger partial charge in [0.2, 0.25) is 10.0 Å². The molecule has 1 fully saturated rings. The third-order valence-electron chi connectivity index (χ3n) is 7.11. The molecule has 1 N–H and O–H groups in total. The molecule has 1 aromatic carbocycles. The topological polar surface area (TPSA) is 83.0 Å². The quantitative estimate of drug-likeness (QED) is 0.598. The van der Waals surface area contributed by atoms with E-state index in [0.29, 0.717) is 24.8 Å². The number of aliphatic hydroxyl groups excluding tert-OH is 1. The van der Waals surface area contributed by atoms with Crippen molar-refractivity contribution in [2.45, 2.75) is 63.1 Å². The maximum absolute atomic E-state index is 13.7. The van der Waals surface area contributed by atoms with E-state index in [1.807, 2.05) is 32.3 Å². The summed E-state index contributed by atoms with van der Waals surface area (Å²) in [6.45, 7) is 5.06. The van der Waals surface area contributed by atoms with Crippen LogP contribution in [-0.2, 0) is 16.6 Å². The van der Waals surface area contributed by atoms with Crippen molar-refractivity contribution in [2.24, 2.45) is 11.8 Å². The lowest BCUT2D eigenvalue weighted by molar-refractivity contribution is 0.0733. The molecule has 0 radical (unpaired) electrons. The molecule has 2 heterocycles. The van der Waals surface area contributed by atoms with Crippen molar-refractivity contribution >= 4 is 10.0 Å². The van der Waals surface area contributed by atoms with Gasteiger partial charge in [0.25, 0.3) is 0 Å². The van der Waals surface area contributed by atoms with E-state index in [0.717, 1.165) is 24.0 Å². The maximum Gasteiger partial charge on any atom is 0.247 e. The second-order valence-electron chi connectivity index (χ2n) is 10.2. The number of benzene rings is 1. The summed E-state index contributed by atoms with van der Waals surface area (Å²) in [5.41, 5.74) is 1.86. The van der Waals surface area contributed by atoms with E-state index < -0.39 is 16.1 Å². The molecule has 0 amide bonds. The van der Waals surface area contributed by atoms with Crippen LogP contribution < -0.4 is 4.74 Å². The summed E-state index contributed by atoms with van der Waals surface area (Å²) in [7, 11) is -1.83. The second-order valence-corrected chi connectivity index (χ2v) is 12.1. The van der Waals surface area contributed by atoms with Gasteiger partial charge in [0.05, 0.1) is 6.61 Å². The van der Waals surface area contributed by atoms with Gasteiger partial charge in [-0.15, -0.1) is 0 Å². The Balaban J connectivity index is 1.66. The van der Waals surface area contributed by atoms with E-state index >= 15 is 0 Å². The molecule has 0 unspecified atom stereocenters. The molecule has 1 aromatic heterocycles. The van der Waals surface area contributed by atoms with Gasteiger partial charge in [-0.25, -0.2) is 8.42 Å². The van der Waals surface area contributed by atoms with Gasteiger partial charge < -0.3 is 9.84 Å². The predicted molar refractivity (Wildman–Crippen MR) is 140 cm³/mol. The number of nitrogens with zero attached hydrogens (tertiary/aromatic N) is 3. The van der Waals surface area contributed by atoms with Crippen molar-refractivity contribution in [1.82, 2.24) is 14.2 Å². The fourth-order valence-electron chi connectivity index (χ4n) is 4.95. The van der Waals surface area contributed by atoms with Gasteiger partial charge in [0.15, 0.2) is 0 Å². The summed E-state index contributed by atoms with van der Waals surface area (Å²) in [4.78, 5) is 6.49. The Morgan fingerprint density at radius 1 is 1.28 bits per heavy atom. The number of sulfonamides is 1. The number of aliphatic hydroxyl groups is 1. The SMILES string of the molecule is C[C@H]1CN([C@@H](C)CO)S(=O)(=O)c2ccc(C#CC3CCCC3)cc2O[C@@H]1CN(C)Cc1cccnc1. The van der Waals surface area contributed by atoms with E-state index in [1.54, 1.807) is 31.3 Å². The van der Waals surface area contributed by atoms with Gasteiger partial charge in [-0.1, -0.05) is 37.7 Å². The largest absolute Gasteiger partial charge is 0.487 e. The molecular formula is C28H37N3O4S. The Kier molecular flexibility index (Phi) is 8.68. The highest BCUT2D eigenvalue weighted by molar-refractivity contribution is 7.89. The number of rotatable bonds is 6. The van der Waals surface area contributed by atoms with Crippen LogP contribution in [0.4, 0.5) is 0 Å². The van der Waals surface area contributed by atoms with Crippen LogP contribution in [0.25, 0.3) is 0 Å². The Hall–Kier alpha value is -2.44. The molecular weight excluding hydrogens is 474 g/mol. The zero-order valence-corrected chi connectivity index (χ0v) is 22.2. The number of aromatic nitrogens is 1. The molecule has 4 rings (SSSR count). The maximum atomic E-state index is 13.7. The van der Waals surface area contributed by atoms with E-state index in [9.17, 15) is 13.5 Å². The molecule has 0 spiro atoms. The van der Waals surface area contributed by atoms with Crippen LogP contribution in [0.5, 0.6) is 5.75 Å². The summed E-state index contributed by atoms with van der Waals surface area (Å²) >= 11 is 0. The molecule has 8 heteroatoms. The Morgan fingerprint density at radius 2 is 2.06 bits per heavy atom. The van der Waals surface area contributed by atoms with Crippen LogP contribution in [0.15, 0.2) is 47.6 Å². The van der Waals surface area contributed by atoms with Crippen LogP contribution in [0.3, 0.4) is 0 Å². The number of ether oxygens (including phenoxy) is 1. The third-order valence-corrected chi connectivity index (χ3v) is 9.13. The highest BCUT2D eigenvalue weighted by Gasteiger charge is 2.38. The fourth-order valence-corrected chi connectivity index (χ4v) is 6.78. The van der Waals surface area contributed by atoms with Gasteiger partial charge in [-0.3, -0.25) is 9.88 Å². The minimum Gasteiger partial charge on any atom is -0.487 e. The van der Waals surface area contributed by atoms with Crippen molar-refractivity contribution < 1.29 is 18.3 Å². The highest BCUT2D eigenvalue weighted by Crippen LogP contribution is 2.34. The molecule has 0 bridgehead atoms. The molecule has 3 atom stereocenters. The molecule has 36 heavy (non-hydrogen) atoms. The average Bonchev–Trinajstić information content (AvgIpc) is 3.39.